The molecule has 0 atom stereocenters. The maximum absolute atomic E-state index is 13.1. The van der Waals surface area contributed by atoms with Gasteiger partial charge in [-0.1, -0.05) is 55.5 Å². The molecule has 1 aliphatic rings. The van der Waals surface area contributed by atoms with Crippen LogP contribution >= 0.6 is 0 Å². The van der Waals surface area contributed by atoms with E-state index in [9.17, 15) is 9.59 Å². The fourth-order valence-corrected chi connectivity index (χ4v) is 3.91. The lowest BCUT2D eigenvalue weighted by atomic mass is 9.99. The minimum Gasteiger partial charge on any atom is -0.462 e. The smallest absolute Gasteiger partial charge is 0.338 e. The third-order valence-electron chi connectivity index (χ3n) is 5.80. The third kappa shape index (κ3) is 5.02. The second kappa shape index (κ2) is 10.4. The molecule has 0 saturated heterocycles. The number of rotatable bonds is 8. The van der Waals surface area contributed by atoms with Crippen molar-refractivity contribution in [3.8, 4) is 0 Å². The molecule has 0 spiro atoms. The van der Waals surface area contributed by atoms with E-state index in [1.165, 1.54) is 5.56 Å². The number of nitrogens with one attached hydrogen (secondary N) is 2. The van der Waals surface area contributed by atoms with Crippen molar-refractivity contribution in [2.75, 3.05) is 30.8 Å². The van der Waals surface area contributed by atoms with E-state index >= 15 is 0 Å². The predicted octanol–water partition coefficient (Wildman–Crippen LogP) is 5.25. The molecule has 4 rings (SSSR count). The Morgan fingerprint density at radius 1 is 0.971 bits per heavy atom. The Bertz CT molecular complexity index is 1220. The van der Waals surface area contributed by atoms with Gasteiger partial charge in [-0.2, -0.15) is 0 Å². The van der Waals surface area contributed by atoms with Gasteiger partial charge in [0.2, 0.25) is 0 Å². The number of esters is 1. The van der Waals surface area contributed by atoms with E-state index in [0.717, 1.165) is 29.9 Å². The number of ether oxygens (including phenoxy) is 1. The second-order valence-corrected chi connectivity index (χ2v) is 8.20. The summed E-state index contributed by atoms with van der Waals surface area (Å²) in [6.07, 6.45) is 0. The van der Waals surface area contributed by atoms with Crippen molar-refractivity contribution in [2.45, 2.75) is 20.4 Å². The molecule has 3 aromatic rings. The van der Waals surface area contributed by atoms with Gasteiger partial charge < -0.3 is 20.3 Å². The molecule has 0 radical (unpaired) electrons. The number of benzene rings is 3. The highest BCUT2D eigenvalue weighted by Gasteiger charge is 2.29. The minimum absolute atomic E-state index is 0.219. The Labute approximate surface area is 200 Å². The van der Waals surface area contributed by atoms with E-state index in [-0.39, 0.29) is 5.91 Å². The number of anilines is 2. The van der Waals surface area contributed by atoms with Gasteiger partial charge in [0.25, 0.3) is 5.91 Å². The van der Waals surface area contributed by atoms with Gasteiger partial charge in [-0.05, 0) is 55.9 Å². The molecule has 0 aliphatic carbocycles. The van der Waals surface area contributed by atoms with E-state index in [1.54, 1.807) is 25.1 Å². The number of hydrogen-bond donors (Lipinski definition) is 2. The number of nitrogens with zero attached hydrogens (tertiary/aromatic N) is 1. The Morgan fingerprint density at radius 3 is 2.38 bits per heavy atom. The number of carbonyl (C=O) groups excluding carboxylic acids is 2. The molecule has 6 heteroatoms. The standard InChI is InChI=1S/C28H29N3O3/c1-4-31(3)18-19-11-14-22(15-12-19)29-26(20-9-7-6-8-10-20)25-23-16-13-21(28(33)34-5-2)17-24(23)30-27(25)32/h6-17,29H,4-5,18H2,1-3H3,(H,30,32). The summed E-state index contributed by atoms with van der Waals surface area (Å²) >= 11 is 0. The molecule has 0 aromatic heterocycles. The van der Waals surface area contributed by atoms with Crippen LogP contribution in [0.2, 0.25) is 0 Å². The number of amides is 1. The van der Waals surface area contributed by atoms with Crippen molar-refractivity contribution >= 4 is 34.5 Å². The monoisotopic (exact) mass is 455 g/mol. The summed E-state index contributed by atoms with van der Waals surface area (Å²) < 4.78 is 5.10. The van der Waals surface area contributed by atoms with Crippen molar-refractivity contribution < 1.29 is 14.3 Å². The van der Waals surface area contributed by atoms with Crippen molar-refractivity contribution in [1.29, 1.82) is 0 Å². The largest absolute Gasteiger partial charge is 0.462 e. The Kier molecular flexibility index (Phi) is 7.09. The lowest BCUT2D eigenvalue weighted by Crippen LogP contribution is -2.16. The van der Waals surface area contributed by atoms with E-state index < -0.39 is 5.97 Å². The van der Waals surface area contributed by atoms with Crippen molar-refractivity contribution in [1.82, 2.24) is 4.90 Å². The highest BCUT2D eigenvalue weighted by Crippen LogP contribution is 2.38. The average molecular weight is 456 g/mol. The van der Waals surface area contributed by atoms with Gasteiger partial charge in [-0.15, -0.1) is 0 Å². The first-order chi connectivity index (χ1) is 16.5. The van der Waals surface area contributed by atoms with Crippen LogP contribution in [0.5, 0.6) is 0 Å². The van der Waals surface area contributed by atoms with Gasteiger partial charge in [0.1, 0.15) is 0 Å². The highest BCUT2D eigenvalue weighted by atomic mass is 16.5. The first-order valence-electron chi connectivity index (χ1n) is 11.5. The summed E-state index contributed by atoms with van der Waals surface area (Å²) in [5, 5.41) is 6.38. The van der Waals surface area contributed by atoms with Crippen LogP contribution in [0.25, 0.3) is 11.3 Å². The van der Waals surface area contributed by atoms with Crippen molar-refractivity contribution in [3.05, 3.63) is 95.1 Å². The minimum atomic E-state index is -0.410. The Hall–Kier alpha value is -3.90. The molecule has 0 unspecified atom stereocenters. The lowest BCUT2D eigenvalue weighted by molar-refractivity contribution is -0.110. The van der Waals surface area contributed by atoms with Crippen LogP contribution in [-0.4, -0.2) is 37.0 Å². The summed E-state index contributed by atoms with van der Waals surface area (Å²) in [6, 6.07) is 23.2. The molecule has 1 heterocycles. The predicted molar refractivity (Wildman–Crippen MR) is 136 cm³/mol. The topological polar surface area (TPSA) is 70.7 Å². The second-order valence-electron chi connectivity index (χ2n) is 8.20. The summed E-state index contributed by atoms with van der Waals surface area (Å²) in [5.41, 5.74) is 5.99. The molecule has 174 valence electrons. The van der Waals surface area contributed by atoms with Crippen LogP contribution < -0.4 is 10.6 Å². The molecular weight excluding hydrogens is 426 g/mol. The van der Waals surface area contributed by atoms with Gasteiger partial charge in [0, 0.05) is 17.8 Å². The van der Waals surface area contributed by atoms with Crippen LogP contribution in [-0.2, 0) is 16.1 Å². The Balaban J connectivity index is 1.73. The van der Waals surface area contributed by atoms with Gasteiger partial charge in [0.15, 0.2) is 0 Å². The van der Waals surface area contributed by atoms with Gasteiger partial charge >= 0.3 is 5.97 Å². The Morgan fingerprint density at radius 2 is 1.71 bits per heavy atom. The molecule has 0 fully saturated rings. The summed E-state index contributed by atoms with van der Waals surface area (Å²) in [4.78, 5) is 27.5. The van der Waals surface area contributed by atoms with E-state index in [4.69, 9.17) is 4.74 Å². The van der Waals surface area contributed by atoms with Crippen LogP contribution in [0.1, 0.15) is 40.9 Å². The third-order valence-corrected chi connectivity index (χ3v) is 5.80. The molecule has 34 heavy (non-hydrogen) atoms. The van der Waals surface area contributed by atoms with E-state index in [2.05, 4.69) is 41.6 Å². The zero-order chi connectivity index (χ0) is 24.1. The van der Waals surface area contributed by atoms with Gasteiger partial charge in [-0.3, -0.25) is 4.79 Å². The fraction of sp³-hybridized carbons (Fsp3) is 0.214. The first kappa shape index (κ1) is 23.3. The van der Waals surface area contributed by atoms with Crippen LogP contribution in [0, 0.1) is 0 Å². The van der Waals surface area contributed by atoms with Crippen molar-refractivity contribution in [3.63, 3.8) is 0 Å². The fourth-order valence-electron chi connectivity index (χ4n) is 3.91. The SMILES string of the molecule is CCOC(=O)c1ccc2c(c1)NC(=O)C2=C(Nc1ccc(CN(C)CC)cc1)c1ccccc1. The normalized spacial score (nSPS) is 13.9. The molecule has 3 aromatic carbocycles. The van der Waals surface area contributed by atoms with Crippen LogP contribution in [0.15, 0.2) is 72.8 Å². The average Bonchev–Trinajstić information content (AvgIpc) is 3.18. The molecule has 1 amide bonds. The van der Waals surface area contributed by atoms with Crippen LogP contribution in [0.4, 0.5) is 11.4 Å². The maximum Gasteiger partial charge on any atom is 0.338 e. The van der Waals surface area contributed by atoms with E-state index in [0.29, 0.717) is 29.1 Å². The summed E-state index contributed by atoms with van der Waals surface area (Å²) in [5.74, 6) is -0.629. The number of carbonyl (C=O) groups is 2. The summed E-state index contributed by atoms with van der Waals surface area (Å²) in [6.45, 7) is 6.05. The van der Waals surface area contributed by atoms with Gasteiger partial charge in [0.05, 0.1) is 29.1 Å². The first-order valence-corrected chi connectivity index (χ1v) is 11.5. The zero-order valence-corrected chi connectivity index (χ0v) is 19.7. The molecule has 2 N–H and O–H groups in total. The molecule has 0 bridgehead atoms. The van der Waals surface area contributed by atoms with Gasteiger partial charge in [-0.25, -0.2) is 4.79 Å². The van der Waals surface area contributed by atoms with E-state index in [1.807, 2.05) is 42.5 Å². The lowest BCUT2D eigenvalue weighted by Gasteiger charge is -2.16. The molecule has 0 saturated carbocycles. The zero-order valence-electron chi connectivity index (χ0n) is 19.7. The van der Waals surface area contributed by atoms with Crippen molar-refractivity contribution in [2.24, 2.45) is 0 Å². The highest BCUT2D eigenvalue weighted by molar-refractivity contribution is 6.37. The van der Waals surface area contributed by atoms with Crippen LogP contribution in [0.3, 0.4) is 0 Å². The summed E-state index contributed by atoms with van der Waals surface area (Å²) in [7, 11) is 2.09. The molecule has 6 nitrogen and oxygen atoms in total. The number of fused-ring (bicyclic) bond motifs is 1. The number of hydrogen-bond acceptors (Lipinski definition) is 5. The maximum atomic E-state index is 13.1. The quantitative estimate of drug-likeness (QED) is 0.359. The molecular formula is C28H29N3O3. The molecule has 1 aliphatic heterocycles.